The quantitative estimate of drug-likeness (QED) is 0.844. The minimum absolute atomic E-state index is 0.287. The molecule has 1 aromatic rings. The lowest BCUT2D eigenvalue weighted by Crippen LogP contribution is -2.18. The predicted molar refractivity (Wildman–Crippen MR) is 64.2 cm³/mol. The zero-order chi connectivity index (χ0) is 11.5. The molecule has 0 amide bonds. The van der Waals surface area contributed by atoms with Crippen molar-refractivity contribution in [2.45, 2.75) is 39.7 Å². The fourth-order valence-corrected chi connectivity index (χ4v) is 1.83. The van der Waals surface area contributed by atoms with E-state index in [-0.39, 0.29) is 6.04 Å². The lowest BCUT2D eigenvalue weighted by molar-refractivity contribution is 0.337. The number of furan rings is 1. The third kappa shape index (κ3) is 3.88. The van der Waals surface area contributed by atoms with Crippen LogP contribution in [0.4, 0.5) is 0 Å². The molecule has 1 atom stereocenters. The van der Waals surface area contributed by atoms with E-state index in [0.717, 1.165) is 18.4 Å². The summed E-state index contributed by atoms with van der Waals surface area (Å²) >= 11 is 5.96. The summed E-state index contributed by atoms with van der Waals surface area (Å²) in [7, 11) is 1.96. The zero-order valence-corrected chi connectivity index (χ0v) is 10.7. The molecule has 1 heterocycles. The Morgan fingerprint density at radius 3 is 2.53 bits per heavy atom. The van der Waals surface area contributed by atoms with Crippen LogP contribution >= 0.6 is 11.6 Å². The molecule has 1 aromatic heterocycles. The van der Waals surface area contributed by atoms with Crippen molar-refractivity contribution in [3.63, 3.8) is 0 Å². The molecule has 0 radical (unpaired) electrons. The highest BCUT2D eigenvalue weighted by Crippen LogP contribution is 2.31. The Morgan fingerprint density at radius 1 is 1.47 bits per heavy atom. The maximum Gasteiger partial charge on any atom is 0.197 e. The van der Waals surface area contributed by atoms with Crippen LogP contribution < -0.4 is 5.32 Å². The van der Waals surface area contributed by atoms with Gasteiger partial charge in [-0.1, -0.05) is 20.8 Å². The molecular weight excluding hydrogens is 210 g/mol. The number of rotatable bonds is 4. The summed E-state index contributed by atoms with van der Waals surface area (Å²) in [6.45, 7) is 6.74. The number of hydrogen-bond donors (Lipinski definition) is 1. The van der Waals surface area contributed by atoms with Crippen LogP contribution in [0.3, 0.4) is 0 Å². The lowest BCUT2D eigenvalue weighted by atomic mass is 9.87. The van der Waals surface area contributed by atoms with Gasteiger partial charge in [-0.25, -0.2) is 0 Å². The van der Waals surface area contributed by atoms with Crippen LogP contribution in [0.1, 0.15) is 45.2 Å². The van der Waals surface area contributed by atoms with Gasteiger partial charge in [-0.3, -0.25) is 0 Å². The average Bonchev–Trinajstić information content (AvgIpc) is 2.52. The van der Waals surface area contributed by atoms with Gasteiger partial charge in [0.05, 0.1) is 6.26 Å². The van der Waals surface area contributed by atoms with Gasteiger partial charge in [-0.15, -0.1) is 0 Å². The summed E-state index contributed by atoms with van der Waals surface area (Å²) in [5.74, 6) is 0. The SMILES string of the molecule is CNC(CCC(C)(C)C)c1ccoc1Cl. The first-order valence-corrected chi connectivity index (χ1v) is 5.72. The Kier molecular flexibility index (Phi) is 4.23. The van der Waals surface area contributed by atoms with E-state index in [2.05, 4.69) is 26.1 Å². The van der Waals surface area contributed by atoms with E-state index in [0.29, 0.717) is 10.6 Å². The van der Waals surface area contributed by atoms with Crippen molar-refractivity contribution in [2.24, 2.45) is 5.41 Å². The fraction of sp³-hybridized carbons (Fsp3) is 0.667. The van der Waals surface area contributed by atoms with Gasteiger partial charge in [0.25, 0.3) is 0 Å². The van der Waals surface area contributed by atoms with Gasteiger partial charge in [0.15, 0.2) is 5.22 Å². The topological polar surface area (TPSA) is 25.2 Å². The average molecular weight is 230 g/mol. The predicted octanol–water partition coefficient (Wildman–Crippen LogP) is 4.02. The van der Waals surface area contributed by atoms with E-state index in [4.69, 9.17) is 16.0 Å². The molecule has 0 aromatic carbocycles. The van der Waals surface area contributed by atoms with E-state index in [1.807, 2.05) is 13.1 Å². The van der Waals surface area contributed by atoms with Crippen molar-refractivity contribution < 1.29 is 4.42 Å². The van der Waals surface area contributed by atoms with E-state index < -0.39 is 0 Å². The summed E-state index contributed by atoms with van der Waals surface area (Å²) in [4.78, 5) is 0. The molecule has 15 heavy (non-hydrogen) atoms. The second-order valence-corrected chi connectivity index (χ2v) is 5.43. The van der Waals surface area contributed by atoms with Crippen LogP contribution in [0.2, 0.25) is 5.22 Å². The highest BCUT2D eigenvalue weighted by atomic mass is 35.5. The molecule has 1 rings (SSSR count). The second kappa shape index (κ2) is 5.04. The Hall–Kier alpha value is -0.470. The van der Waals surface area contributed by atoms with Crippen molar-refractivity contribution >= 4 is 11.6 Å². The van der Waals surface area contributed by atoms with Crippen LogP contribution in [0.5, 0.6) is 0 Å². The molecular formula is C12H20ClNO. The number of hydrogen-bond acceptors (Lipinski definition) is 2. The molecule has 1 N–H and O–H groups in total. The first-order valence-electron chi connectivity index (χ1n) is 5.34. The third-order valence-electron chi connectivity index (χ3n) is 2.55. The molecule has 0 spiro atoms. The molecule has 0 aliphatic rings. The van der Waals surface area contributed by atoms with Crippen molar-refractivity contribution in [1.82, 2.24) is 5.32 Å². The minimum atomic E-state index is 0.287. The molecule has 0 aliphatic carbocycles. The van der Waals surface area contributed by atoms with Crippen molar-refractivity contribution in [3.8, 4) is 0 Å². The highest BCUT2D eigenvalue weighted by Gasteiger charge is 2.18. The first-order chi connectivity index (χ1) is 6.94. The summed E-state index contributed by atoms with van der Waals surface area (Å²) in [6, 6.07) is 2.22. The van der Waals surface area contributed by atoms with Crippen molar-refractivity contribution in [3.05, 3.63) is 23.1 Å². The maximum atomic E-state index is 5.96. The van der Waals surface area contributed by atoms with Gasteiger partial charge in [0.1, 0.15) is 0 Å². The van der Waals surface area contributed by atoms with Gasteiger partial charge in [-0.2, -0.15) is 0 Å². The van der Waals surface area contributed by atoms with Gasteiger partial charge in [0, 0.05) is 11.6 Å². The summed E-state index contributed by atoms with van der Waals surface area (Å²) in [5.41, 5.74) is 1.41. The molecule has 0 aliphatic heterocycles. The van der Waals surface area contributed by atoms with Gasteiger partial charge in [0.2, 0.25) is 0 Å². The minimum Gasteiger partial charge on any atom is -0.453 e. The van der Waals surface area contributed by atoms with Crippen LogP contribution in [-0.2, 0) is 0 Å². The normalized spacial score (nSPS) is 14.2. The maximum absolute atomic E-state index is 5.96. The van der Waals surface area contributed by atoms with Crippen LogP contribution in [0.25, 0.3) is 0 Å². The van der Waals surface area contributed by atoms with E-state index in [9.17, 15) is 0 Å². The first kappa shape index (κ1) is 12.6. The molecule has 0 saturated carbocycles. The van der Waals surface area contributed by atoms with Gasteiger partial charge in [-0.05, 0) is 43.0 Å². The summed E-state index contributed by atoms with van der Waals surface area (Å²) in [6.07, 6.45) is 3.86. The smallest absolute Gasteiger partial charge is 0.197 e. The molecule has 1 unspecified atom stereocenters. The third-order valence-corrected chi connectivity index (χ3v) is 2.86. The fourth-order valence-electron chi connectivity index (χ4n) is 1.59. The Labute approximate surface area is 97.0 Å². The number of nitrogens with one attached hydrogen (secondary N) is 1. The summed E-state index contributed by atoms with van der Waals surface area (Å²) < 4.78 is 5.10. The Morgan fingerprint density at radius 2 is 2.13 bits per heavy atom. The molecule has 0 bridgehead atoms. The Balaban J connectivity index is 2.61. The van der Waals surface area contributed by atoms with E-state index in [1.165, 1.54) is 0 Å². The summed E-state index contributed by atoms with van der Waals surface area (Å²) in [5, 5.41) is 3.78. The van der Waals surface area contributed by atoms with Crippen LogP contribution in [0, 0.1) is 5.41 Å². The zero-order valence-electron chi connectivity index (χ0n) is 9.93. The lowest BCUT2D eigenvalue weighted by Gasteiger charge is -2.22. The van der Waals surface area contributed by atoms with Gasteiger partial charge >= 0.3 is 0 Å². The number of halogens is 1. The molecule has 0 saturated heterocycles. The van der Waals surface area contributed by atoms with Crippen molar-refractivity contribution in [2.75, 3.05) is 7.05 Å². The van der Waals surface area contributed by atoms with Crippen molar-refractivity contribution in [1.29, 1.82) is 0 Å². The van der Waals surface area contributed by atoms with Crippen LogP contribution in [0.15, 0.2) is 16.7 Å². The molecule has 3 heteroatoms. The standard InChI is InChI=1S/C12H20ClNO/c1-12(2,3)7-5-10(14-4)9-6-8-15-11(9)13/h6,8,10,14H,5,7H2,1-4H3. The largest absolute Gasteiger partial charge is 0.453 e. The Bertz CT molecular complexity index is 301. The molecule has 2 nitrogen and oxygen atoms in total. The van der Waals surface area contributed by atoms with E-state index in [1.54, 1.807) is 6.26 Å². The molecule has 0 fully saturated rings. The van der Waals surface area contributed by atoms with E-state index >= 15 is 0 Å². The molecule has 86 valence electrons. The monoisotopic (exact) mass is 229 g/mol. The van der Waals surface area contributed by atoms with Crippen LogP contribution in [-0.4, -0.2) is 7.05 Å². The highest BCUT2D eigenvalue weighted by molar-refractivity contribution is 6.29. The van der Waals surface area contributed by atoms with Gasteiger partial charge < -0.3 is 9.73 Å². The second-order valence-electron chi connectivity index (χ2n) is 5.09.